The van der Waals surface area contributed by atoms with Gasteiger partial charge in [0.05, 0.1) is 0 Å². The molecule has 2 atom stereocenters. The summed E-state index contributed by atoms with van der Waals surface area (Å²) in [6.45, 7) is 3.07. The molecule has 0 bridgehead atoms. The van der Waals surface area contributed by atoms with Crippen LogP contribution in [0, 0.1) is 5.92 Å². The molecule has 2 amide bonds. The van der Waals surface area contributed by atoms with Crippen molar-refractivity contribution in [2.45, 2.75) is 76.8 Å². The highest BCUT2D eigenvalue weighted by atomic mass is 16.2. The van der Waals surface area contributed by atoms with Gasteiger partial charge in [0.15, 0.2) is 0 Å². The van der Waals surface area contributed by atoms with Crippen LogP contribution in [0.15, 0.2) is 0 Å². The Morgan fingerprint density at radius 1 is 1.14 bits per heavy atom. The van der Waals surface area contributed by atoms with Crippen molar-refractivity contribution in [2.24, 2.45) is 11.7 Å². The van der Waals surface area contributed by atoms with Gasteiger partial charge in [-0.25, -0.2) is 0 Å². The molecule has 1 aliphatic heterocycles. The first-order chi connectivity index (χ1) is 10.6. The molecule has 2 aliphatic rings. The van der Waals surface area contributed by atoms with E-state index in [1.807, 2.05) is 4.90 Å². The Balaban J connectivity index is 1.80. The topological polar surface area (TPSA) is 75.4 Å². The lowest BCUT2D eigenvalue weighted by Gasteiger charge is -2.36. The molecule has 5 nitrogen and oxygen atoms in total. The van der Waals surface area contributed by atoms with Crippen molar-refractivity contribution < 1.29 is 9.59 Å². The van der Waals surface area contributed by atoms with E-state index >= 15 is 0 Å². The number of carbonyl (C=O) groups is 2. The molecule has 0 spiro atoms. The summed E-state index contributed by atoms with van der Waals surface area (Å²) in [5.74, 6) is 0.545. The van der Waals surface area contributed by atoms with E-state index in [0.29, 0.717) is 18.9 Å². The van der Waals surface area contributed by atoms with Crippen LogP contribution in [0.1, 0.15) is 64.7 Å². The number of nitrogens with zero attached hydrogens (tertiary/aromatic N) is 1. The summed E-state index contributed by atoms with van der Waals surface area (Å²) in [7, 11) is 0. The predicted octanol–water partition coefficient (Wildman–Crippen LogP) is 1.80. The lowest BCUT2D eigenvalue weighted by Crippen LogP contribution is -2.54. The first-order valence-corrected chi connectivity index (χ1v) is 8.91. The molecule has 0 aromatic rings. The van der Waals surface area contributed by atoms with Gasteiger partial charge >= 0.3 is 0 Å². The minimum Gasteiger partial charge on any atom is -0.345 e. The third kappa shape index (κ3) is 4.70. The van der Waals surface area contributed by atoms with E-state index in [1.54, 1.807) is 6.92 Å². The molecule has 1 heterocycles. The third-order valence-electron chi connectivity index (χ3n) is 5.13. The predicted molar refractivity (Wildman–Crippen MR) is 87.2 cm³/mol. The Kier molecular flexibility index (Phi) is 6.68. The van der Waals surface area contributed by atoms with Gasteiger partial charge in [0.2, 0.25) is 11.8 Å². The Hall–Kier alpha value is -1.10. The number of hydrogen-bond donors (Lipinski definition) is 2. The Labute approximate surface area is 134 Å². The van der Waals surface area contributed by atoms with Crippen molar-refractivity contribution in [3.05, 3.63) is 0 Å². The second-order valence-corrected chi connectivity index (χ2v) is 6.91. The fourth-order valence-electron chi connectivity index (χ4n) is 3.80. The number of carbonyl (C=O) groups excluding carboxylic acids is 2. The standard InChI is InChI=1S/C17H31N3O2/c1-13(17(22)20-10-6-5-9-15(20)12-18)19-16(21)11-14-7-3-2-4-8-14/h13-15H,2-12,18H2,1H3,(H,19,21). The van der Waals surface area contributed by atoms with Crippen LogP contribution in [0.5, 0.6) is 0 Å². The van der Waals surface area contributed by atoms with E-state index in [1.165, 1.54) is 19.3 Å². The molecule has 126 valence electrons. The summed E-state index contributed by atoms with van der Waals surface area (Å²) in [5, 5.41) is 2.90. The highest BCUT2D eigenvalue weighted by molar-refractivity contribution is 5.87. The SMILES string of the molecule is CC(NC(=O)CC1CCCCC1)C(=O)N1CCCCC1CN. The summed E-state index contributed by atoms with van der Waals surface area (Å²) in [5.41, 5.74) is 5.78. The molecule has 0 aromatic carbocycles. The highest BCUT2D eigenvalue weighted by Gasteiger charge is 2.29. The van der Waals surface area contributed by atoms with Crippen LogP contribution in [0.2, 0.25) is 0 Å². The smallest absolute Gasteiger partial charge is 0.245 e. The number of piperidine rings is 1. The molecule has 0 aromatic heterocycles. The van der Waals surface area contributed by atoms with Crippen molar-refractivity contribution in [1.29, 1.82) is 0 Å². The summed E-state index contributed by atoms with van der Waals surface area (Å²) in [6, 6.07) is -0.304. The first kappa shape index (κ1) is 17.3. The van der Waals surface area contributed by atoms with E-state index in [9.17, 15) is 9.59 Å². The molecule has 3 N–H and O–H groups in total. The van der Waals surface area contributed by atoms with Crippen LogP contribution in [-0.4, -0.2) is 41.9 Å². The van der Waals surface area contributed by atoms with Crippen LogP contribution in [-0.2, 0) is 9.59 Å². The maximum atomic E-state index is 12.6. The minimum atomic E-state index is -0.441. The van der Waals surface area contributed by atoms with Gasteiger partial charge in [0.25, 0.3) is 0 Å². The second-order valence-electron chi connectivity index (χ2n) is 6.91. The Morgan fingerprint density at radius 3 is 2.50 bits per heavy atom. The summed E-state index contributed by atoms with van der Waals surface area (Å²) in [4.78, 5) is 26.6. The normalized spacial score (nSPS) is 24.8. The van der Waals surface area contributed by atoms with E-state index in [-0.39, 0.29) is 17.9 Å². The third-order valence-corrected chi connectivity index (χ3v) is 5.13. The van der Waals surface area contributed by atoms with Crippen molar-refractivity contribution in [3.63, 3.8) is 0 Å². The number of amides is 2. The molecule has 5 heteroatoms. The lowest BCUT2D eigenvalue weighted by atomic mass is 9.87. The van der Waals surface area contributed by atoms with Crippen LogP contribution in [0.3, 0.4) is 0 Å². The van der Waals surface area contributed by atoms with Gasteiger partial charge in [-0.3, -0.25) is 9.59 Å². The lowest BCUT2D eigenvalue weighted by molar-refractivity contribution is -0.139. The largest absolute Gasteiger partial charge is 0.345 e. The minimum absolute atomic E-state index is 0.0205. The number of rotatable bonds is 5. The molecule has 22 heavy (non-hydrogen) atoms. The van der Waals surface area contributed by atoms with E-state index in [4.69, 9.17) is 5.73 Å². The zero-order valence-corrected chi connectivity index (χ0v) is 13.9. The number of likely N-dealkylation sites (tertiary alicyclic amines) is 1. The van der Waals surface area contributed by atoms with E-state index < -0.39 is 6.04 Å². The van der Waals surface area contributed by atoms with Crippen molar-refractivity contribution in [3.8, 4) is 0 Å². The molecule has 2 fully saturated rings. The van der Waals surface area contributed by atoms with Crippen molar-refractivity contribution in [1.82, 2.24) is 10.2 Å². The molecular formula is C17H31N3O2. The zero-order valence-electron chi connectivity index (χ0n) is 13.9. The number of hydrogen-bond acceptors (Lipinski definition) is 3. The van der Waals surface area contributed by atoms with Crippen molar-refractivity contribution >= 4 is 11.8 Å². The van der Waals surface area contributed by atoms with Gasteiger partial charge in [-0.05, 0) is 44.9 Å². The average molecular weight is 309 g/mol. The quantitative estimate of drug-likeness (QED) is 0.813. The molecular weight excluding hydrogens is 278 g/mol. The Bertz CT molecular complexity index is 380. The summed E-state index contributed by atoms with van der Waals surface area (Å²) in [6.07, 6.45) is 9.77. The van der Waals surface area contributed by atoms with Crippen LogP contribution < -0.4 is 11.1 Å². The van der Waals surface area contributed by atoms with Gasteiger partial charge in [-0.15, -0.1) is 0 Å². The molecule has 1 saturated heterocycles. The van der Waals surface area contributed by atoms with Gasteiger partial charge in [0.1, 0.15) is 6.04 Å². The average Bonchev–Trinajstić information content (AvgIpc) is 2.54. The summed E-state index contributed by atoms with van der Waals surface area (Å²) < 4.78 is 0. The molecule has 1 aliphatic carbocycles. The maximum Gasteiger partial charge on any atom is 0.245 e. The maximum absolute atomic E-state index is 12.6. The van der Waals surface area contributed by atoms with Gasteiger partial charge in [-0.1, -0.05) is 19.3 Å². The second kappa shape index (κ2) is 8.51. The fourth-order valence-corrected chi connectivity index (χ4v) is 3.80. The van der Waals surface area contributed by atoms with E-state index in [0.717, 1.165) is 38.6 Å². The summed E-state index contributed by atoms with van der Waals surface area (Å²) >= 11 is 0. The fraction of sp³-hybridized carbons (Fsp3) is 0.882. The number of nitrogens with two attached hydrogens (primary N) is 1. The molecule has 1 saturated carbocycles. The monoisotopic (exact) mass is 309 g/mol. The van der Waals surface area contributed by atoms with Crippen LogP contribution in [0.25, 0.3) is 0 Å². The Morgan fingerprint density at radius 2 is 1.82 bits per heavy atom. The van der Waals surface area contributed by atoms with Crippen LogP contribution >= 0.6 is 0 Å². The molecule has 2 unspecified atom stereocenters. The van der Waals surface area contributed by atoms with Crippen molar-refractivity contribution in [2.75, 3.05) is 13.1 Å². The van der Waals surface area contributed by atoms with E-state index in [2.05, 4.69) is 5.32 Å². The van der Waals surface area contributed by atoms with Gasteiger partial charge < -0.3 is 16.0 Å². The molecule has 0 radical (unpaired) electrons. The highest BCUT2D eigenvalue weighted by Crippen LogP contribution is 2.26. The molecule has 2 rings (SSSR count). The van der Waals surface area contributed by atoms with Crippen LogP contribution in [0.4, 0.5) is 0 Å². The van der Waals surface area contributed by atoms with Gasteiger partial charge in [-0.2, -0.15) is 0 Å². The zero-order chi connectivity index (χ0) is 15.9. The van der Waals surface area contributed by atoms with Gasteiger partial charge in [0, 0.05) is 25.6 Å². The number of nitrogens with one attached hydrogen (secondary N) is 1. The first-order valence-electron chi connectivity index (χ1n) is 8.91.